The molecule has 1 aromatic heterocycles. The predicted molar refractivity (Wildman–Crippen MR) is 86.2 cm³/mol. The summed E-state index contributed by atoms with van der Waals surface area (Å²) in [5.74, 6) is 0.437. The third-order valence-electron chi connectivity index (χ3n) is 3.97. The van der Waals surface area contributed by atoms with Gasteiger partial charge in [0.25, 0.3) is 5.91 Å². The summed E-state index contributed by atoms with van der Waals surface area (Å²) in [7, 11) is 0. The molecule has 3 amide bonds. The number of halogens is 1. The monoisotopic (exact) mass is 348 g/mol. The van der Waals surface area contributed by atoms with E-state index in [1.807, 2.05) is 6.92 Å². The molecule has 1 saturated heterocycles. The molecule has 3 rings (SSSR count). The van der Waals surface area contributed by atoms with Crippen molar-refractivity contribution in [2.45, 2.75) is 38.8 Å². The normalized spacial score (nSPS) is 20.5. The van der Waals surface area contributed by atoms with Gasteiger partial charge in [0.05, 0.1) is 0 Å². The van der Waals surface area contributed by atoms with Crippen LogP contribution in [-0.4, -0.2) is 27.0 Å². The van der Waals surface area contributed by atoms with E-state index in [-0.39, 0.29) is 18.3 Å². The first-order valence-electron chi connectivity index (χ1n) is 7.65. The van der Waals surface area contributed by atoms with Crippen LogP contribution in [0.5, 0.6) is 0 Å². The molecule has 0 aliphatic carbocycles. The van der Waals surface area contributed by atoms with Gasteiger partial charge in [-0.25, -0.2) is 4.79 Å². The Labute approximate surface area is 144 Å². The standard InChI is InChI=1S/C16H17ClN4O3/c1-3-4-12-18-13(24-20-12)9-21-14(22)16(2,19-15(21)23)10-5-7-11(17)8-6-10/h5-8H,3-4,9H2,1-2H3,(H,19,23). The van der Waals surface area contributed by atoms with Gasteiger partial charge in [-0.1, -0.05) is 35.8 Å². The van der Waals surface area contributed by atoms with Gasteiger partial charge in [0, 0.05) is 11.4 Å². The first-order chi connectivity index (χ1) is 11.4. The van der Waals surface area contributed by atoms with E-state index >= 15 is 0 Å². The number of urea groups is 1. The van der Waals surface area contributed by atoms with E-state index in [1.54, 1.807) is 31.2 Å². The Bertz CT molecular complexity index is 774. The smallest absolute Gasteiger partial charge is 0.325 e. The van der Waals surface area contributed by atoms with Crippen molar-refractivity contribution in [3.63, 3.8) is 0 Å². The van der Waals surface area contributed by atoms with Gasteiger partial charge in [-0.3, -0.25) is 9.69 Å². The van der Waals surface area contributed by atoms with Crippen molar-refractivity contribution in [1.29, 1.82) is 0 Å². The summed E-state index contributed by atoms with van der Waals surface area (Å²) in [5.41, 5.74) is -0.488. The van der Waals surface area contributed by atoms with E-state index in [0.717, 1.165) is 11.3 Å². The second kappa shape index (κ2) is 6.24. The molecule has 1 aromatic carbocycles. The molecule has 1 N–H and O–H groups in total. The molecular formula is C16H17ClN4O3. The van der Waals surface area contributed by atoms with Crippen molar-refractivity contribution in [2.24, 2.45) is 0 Å². The van der Waals surface area contributed by atoms with Crippen molar-refractivity contribution in [2.75, 3.05) is 0 Å². The van der Waals surface area contributed by atoms with E-state index < -0.39 is 11.6 Å². The van der Waals surface area contributed by atoms with Crippen LogP contribution < -0.4 is 5.32 Å². The van der Waals surface area contributed by atoms with Crippen LogP contribution in [0.25, 0.3) is 0 Å². The molecule has 1 aliphatic heterocycles. The lowest BCUT2D eigenvalue weighted by Crippen LogP contribution is -2.40. The highest BCUT2D eigenvalue weighted by atomic mass is 35.5. The largest absolute Gasteiger partial charge is 0.337 e. The van der Waals surface area contributed by atoms with Crippen LogP contribution in [0.1, 0.15) is 37.5 Å². The summed E-state index contributed by atoms with van der Waals surface area (Å²) < 4.78 is 5.11. The van der Waals surface area contributed by atoms with E-state index in [0.29, 0.717) is 22.8 Å². The maximum Gasteiger partial charge on any atom is 0.325 e. The van der Waals surface area contributed by atoms with Gasteiger partial charge in [0.2, 0.25) is 5.89 Å². The second-order valence-corrected chi connectivity index (χ2v) is 6.24. The van der Waals surface area contributed by atoms with E-state index in [4.69, 9.17) is 16.1 Å². The van der Waals surface area contributed by atoms with Gasteiger partial charge >= 0.3 is 6.03 Å². The highest BCUT2D eigenvalue weighted by Gasteiger charge is 2.49. The number of benzene rings is 1. The van der Waals surface area contributed by atoms with Crippen LogP contribution in [0.2, 0.25) is 5.02 Å². The number of rotatable bonds is 5. The number of hydrogen-bond donors (Lipinski definition) is 1. The van der Waals surface area contributed by atoms with Gasteiger partial charge in [0.15, 0.2) is 5.82 Å². The van der Waals surface area contributed by atoms with Crippen molar-refractivity contribution in [3.8, 4) is 0 Å². The molecule has 2 aromatic rings. The Morgan fingerprint density at radius 3 is 2.67 bits per heavy atom. The summed E-state index contributed by atoms with van der Waals surface area (Å²) in [6.07, 6.45) is 1.57. The number of aromatic nitrogens is 2. The number of carbonyl (C=O) groups excluding carboxylic acids is 2. The van der Waals surface area contributed by atoms with Crippen LogP contribution in [-0.2, 0) is 23.3 Å². The van der Waals surface area contributed by atoms with Gasteiger partial charge in [-0.2, -0.15) is 4.98 Å². The maximum absolute atomic E-state index is 12.8. The SMILES string of the molecule is CCCc1noc(CN2C(=O)NC(C)(c3ccc(Cl)cc3)C2=O)n1. The summed E-state index contributed by atoms with van der Waals surface area (Å²) >= 11 is 5.88. The Morgan fingerprint density at radius 2 is 2.00 bits per heavy atom. The van der Waals surface area contributed by atoms with Crippen LogP contribution >= 0.6 is 11.6 Å². The van der Waals surface area contributed by atoms with Gasteiger partial charge in [-0.15, -0.1) is 0 Å². The number of nitrogens with zero attached hydrogens (tertiary/aromatic N) is 3. The molecule has 1 atom stereocenters. The molecule has 8 heteroatoms. The zero-order chi connectivity index (χ0) is 17.3. The van der Waals surface area contributed by atoms with Crippen LogP contribution in [0.4, 0.5) is 4.79 Å². The summed E-state index contributed by atoms with van der Waals surface area (Å²) in [4.78, 5) is 30.3. The zero-order valence-electron chi connectivity index (χ0n) is 13.4. The number of amides is 3. The molecule has 24 heavy (non-hydrogen) atoms. The second-order valence-electron chi connectivity index (χ2n) is 5.81. The number of aryl methyl sites for hydroxylation is 1. The number of imide groups is 1. The molecule has 0 radical (unpaired) electrons. The molecule has 0 saturated carbocycles. The third kappa shape index (κ3) is 2.87. The fourth-order valence-electron chi connectivity index (χ4n) is 2.63. The minimum Gasteiger partial charge on any atom is -0.337 e. The quantitative estimate of drug-likeness (QED) is 0.839. The molecule has 2 heterocycles. The van der Waals surface area contributed by atoms with Gasteiger partial charge in [-0.05, 0) is 31.0 Å². The topological polar surface area (TPSA) is 88.3 Å². The number of nitrogens with one attached hydrogen (secondary N) is 1. The Kier molecular flexibility index (Phi) is 4.28. The molecule has 1 unspecified atom stereocenters. The summed E-state index contributed by atoms with van der Waals surface area (Å²) in [5, 5.41) is 7.11. The lowest BCUT2D eigenvalue weighted by molar-refractivity contribution is -0.131. The first kappa shape index (κ1) is 16.4. The number of carbonyl (C=O) groups is 2. The Balaban J connectivity index is 1.81. The minimum atomic E-state index is -1.14. The molecular weight excluding hydrogens is 332 g/mol. The minimum absolute atomic E-state index is 0.0510. The van der Waals surface area contributed by atoms with E-state index in [2.05, 4.69) is 15.5 Å². The molecule has 126 valence electrons. The van der Waals surface area contributed by atoms with Crippen LogP contribution in [0.15, 0.2) is 28.8 Å². The van der Waals surface area contributed by atoms with Crippen molar-refractivity contribution < 1.29 is 14.1 Å². The molecule has 1 fully saturated rings. The van der Waals surface area contributed by atoms with Crippen molar-refractivity contribution in [1.82, 2.24) is 20.4 Å². The highest BCUT2D eigenvalue weighted by molar-refractivity contribution is 6.30. The Morgan fingerprint density at radius 1 is 1.29 bits per heavy atom. The molecule has 1 aliphatic rings. The fourth-order valence-corrected chi connectivity index (χ4v) is 2.76. The lowest BCUT2D eigenvalue weighted by atomic mass is 9.92. The zero-order valence-corrected chi connectivity index (χ0v) is 14.1. The molecule has 0 bridgehead atoms. The average Bonchev–Trinajstić information content (AvgIpc) is 3.07. The first-order valence-corrected chi connectivity index (χ1v) is 8.03. The van der Waals surface area contributed by atoms with E-state index in [9.17, 15) is 9.59 Å². The summed E-state index contributed by atoms with van der Waals surface area (Å²) in [6.45, 7) is 3.61. The third-order valence-corrected chi connectivity index (χ3v) is 4.23. The van der Waals surface area contributed by atoms with Crippen LogP contribution in [0.3, 0.4) is 0 Å². The molecule has 7 nitrogen and oxygen atoms in total. The number of hydrogen-bond acceptors (Lipinski definition) is 5. The fraction of sp³-hybridized carbons (Fsp3) is 0.375. The average molecular weight is 349 g/mol. The van der Waals surface area contributed by atoms with Crippen LogP contribution in [0, 0.1) is 0 Å². The lowest BCUT2D eigenvalue weighted by Gasteiger charge is -2.22. The van der Waals surface area contributed by atoms with Gasteiger partial charge in [0.1, 0.15) is 12.1 Å². The molecule has 0 spiro atoms. The highest BCUT2D eigenvalue weighted by Crippen LogP contribution is 2.30. The van der Waals surface area contributed by atoms with Gasteiger partial charge < -0.3 is 9.84 Å². The Hall–Kier alpha value is -2.41. The van der Waals surface area contributed by atoms with E-state index in [1.165, 1.54) is 0 Å². The van der Waals surface area contributed by atoms with Crippen molar-refractivity contribution >= 4 is 23.5 Å². The van der Waals surface area contributed by atoms with Crippen molar-refractivity contribution in [3.05, 3.63) is 46.6 Å². The summed E-state index contributed by atoms with van der Waals surface area (Å²) in [6, 6.07) is 6.30. The predicted octanol–water partition coefficient (Wildman–Crippen LogP) is 2.64. The maximum atomic E-state index is 12.8.